The van der Waals surface area contributed by atoms with E-state index in [1.165, 1.54) is 0 Å². The van der Waals surface area contributed by atoms with E-state index < -0.39 is 0 Å². The minimum absolute atomic E-state index is 0.0475. The van der Waals surface area contributed by atoms with Crippen molar-refractivity contribution in [3.8, 4) is 5.75 Å². The molecule has 0 unspecified atom stereocenters. The molecule has 0 saturated heterocycles. The molecule has 2 rings (SSSR count). The molecule has 0 N–H and O–H groups in total. The number of rotatable bonds is 4. The summed E-state index contributed by atoms with van der Waals surface area (Å²) in [6, 6.07) is 5.81. The summed E-state index contributed by atoms with van der Waals surface area (Å²) in [5, 5.41) is 4.17. The molecule has 4 nitrogen and oxygen atoms in total. The number of ketones is 1. The predicted octanol–water partition coefficient (Wildman–Crippen LogP) is 2.76. The van der Waals surface area contributed by atoms with Gasteiger partial charge in [0.05, 0.1) is 13.3 Å². The van der Waals surface area contributed by atoms with Gasteiger partial charge in [-0.3, -0.25) is 9.48 Å². The summed E-state index contributed by atoms with van der Waals surface area (Å²) in [5.74, 6) is 0.473. The maximum absolute atomic E-state index is 12.7. The Balaban J connectivity index is 2.52. The van der Waals surface area contributed by atoms with E-state index in [1.54, 1.807) is 18.0 Å². The number of methoxy groups -OCH3 is 1. The lowest BCUT2D eigenvalue weighted by Crippen LogP contribution is -2.13. The van der Waals surface area contributed by atoms with E-state index in [-0.39, 0.29) is 5.78 Å². The molecule has 0 aliphatic rings. The maximum atomic E-state index is 12.7. The molecule has 0 saturated carbocycles. The van der Waals surface area contributed by atoms with E-state index in [2.05, 4.69) is 5.10 Å². The van der Waals surface area contributed by atoms with E-state index >= 15 is 0 Å². The Morgan fingerprint density at radius 1 is 1.37 bits per heavy atom. The van der Waals surface area contributed by atoms with Gasteiger partial charge in [0, 0.05) is 12.1 Å². The van der Waals surface area contributed by atoms with E-state index in [9.17, 15) is 4.79 Å². The van der Waals surface area contributed by atoms with Gasteiger partial charge in [0.1, 0.15) is 0 Å². The van der Waals surface area contributed by atoms with Crippen LogP contribution >= 0.6 is 0 Å². The Morgan fingerprint density at radius 3 is 2.68 bits per heavy atom. The van der Waals surface area contributed by atoms with Gasteiger partial charge in [-0.1, -0.05) is 23.8 Å². The number of aromatic nitrogens is 2. The first-order valence-electron chi connectivity index (χ1n) is 6.30. The number of hydrogen-bond acceptors (Lipinski definition) is 3. The van der Waals surface area contributed by atoms with Crippen LogP contribution in [0.15, 0.2) is 24.4 Å². The van der Waals surface area contributed by atoms with Gasteiger partial charge in [0.25, 0.3) is 0 Å². The second kappa shape index (κ2) is 5.26. The number of benzene rings is 1. The molecule has 0 spiro atoms. The fourth-order valence-electron chi connectivity index (χ4n) is 2.18. The molecule has 100 valence electrons. The molecule has 4 heteroatoms. The first-order valence-corrected chi connectivity index (χ1v) is 6.30. The molecule has 1 heterocycles. The molecule has 0 radical (unpaired) electrons. The number of hydrogen-bond donors (Lipinski definition) is 0. The van der Waals surface area contributed by atoms with Crippen LogP contribution in [0.4, 0.5) is 0 Å². The second-order valence-corrected chi connectivity index (χ2v) is 4.52. The first kappa shape index (κ1) is 13.3. The van der Waals surface area contributed by atoms with Crippen molar-refractivity contribution in [1.82, 2.24) is 9.78 Å². The van der Waals surface area contributed by atoms with E-state index in [0.29, 0.717) is 23.6 Å². The average Bonchev–Trinajstić information content (AvgIpc) is 2.80. The first-order chi connectivity index (χ1) is 9.08. The monoisotopic (exact) mass is 258 g/mol. The van der Waals surface area contributed by atoms with Crippen molar-refractivity contribution in [2.24, 2.45) is 0 Å². The van der Waals surface area contributed by atoms with E-state index in [1.807, 2.05) is 39.0 Å². The van der Waals surface area contributed by atoms with Crippen LogP contribution in [0.2, 0.25) is 0 Å². The van der Waals surface area contributed by atoms with Crippen LogP contribution in [0.1, 0.15) is 34.1 Å². The minimum Gasteiger partial charge on any atom is -0.493 e. The van der Waals surface area contributed by atoms with Gasteiger partial charge in [-0.2, -0.15) is 5.10 Å². The number of nitrogens with zero attached hydrogens (tertiary/aromatic N) is 2. The van der Waals surface area contributed by atoms with E-state index in [4.69, 9.17) is 4.74 Å². The van der Waals surface area contributed by atoms with Crippen LogP contribution in [-0.4, -0.2) is 22.7 Å². The van der Waals surface area contributed by atoms with Gasteiger partial charge in [-0.25, -0.2) is 0 Å². The third kappa shape index (κ3) is 2.38. The van der Waals surface area contributed by atoms with Gasteiger partial charge in [-0.15, -0.1) is 0 Å². The molecular formula is C15H18N2O2. The third-order valence-electron chi connectivity index (χ3n) is 3.17. The van der Waals surface area contributed by atoms with Gasteiger partial charge < -0.3 is 4.74 Å². The summed E-state index contributed by atoms with van der Waals surface area (Å²) in [4.78, 5) is 12.7. The Labute approximate surface area is 113 Å². The van der Waals surface area contributed by atoms with Crippen molar-refractivity contribution < 1.29 is 9.53 Å². The highest BCUT2D eigenvalue weighted by Crippen LogP contribution is 2.23. The lowest BCUT2D eigenvalue weighted by atomic mass is 10.0. The molecule has 2 aromatic rings. The zero-order valence-electron chi connectivity index (χ0n) is 11.7. The van der Waals surface area contributed by atoms with Crippen molar-refractivity contribution in [3.05, 3.63) is 46.8 Å². The lowest BCUT2D eigenvalue weighted by molar-refractivity contribution is 0.102. The van der Waals surface area contributed by atoms with E-state index in [0.717, 1.165) is 11.1 Å². The lowest BCUT2D eigenvalue weighted by Gasteiger charge is -2.09. The normalized spacial score (nSPS) is 10.5. The van der Waals surface area contributed by atoms with Gasteiger partial charge in [0.2, 0.25) is 5.78 Å². The second-order valence-electron chi connectivity index (χ2n) is 4.52. The van der Waals surface area contributed by atoms with Gasteiger partial charge >= 0.3 is 0 Å². The number of ether oxygens (including phenoxy) is 1. The SMILES string of the molecule is CCn1ncc(OC)c1C(=O)c1ccc(C)cc1C. The molecule has 0 aliphatic heterocycles. The van der Waals surface area contributed by atoms with Gasteiger partial charge in [-0.05, 0) is 26.3 Å². The Kier molecular flexibility index (Phi) is 3.69. The van der Waals surface area contributed by atoms with Crippen LogP contribution < -0.4 is 4.74 Å². The molecule has 0 aliphatic carbocycles. The zero-order chi connectivity index (χ0) is 14.0. The average molecular weight is 258 g/mol. The predicted molar refractivity (Wildman–Crippen MR) is 73.8 cm³/mol. The summed E-state index contributed by atoms with van der Waals surface area (Å²) >= 11 is 0. The highest BCUT2D eigenvalue weighted by Gasteiger charge is 2.21. The standard InChI is InChI=1S/C15H18N2O2/c1-5-17-14(13(19-4)9-16-17)15(18)12-7-6-10(2)8-11(12)3/h6-9H,5H2,1-4H3. The number of aryl methyl sites for hydroxylation is 3. The van der Waals surface area contributed by atoms with Crippen LogP contribution in [0.5, 0.6) is 5.75 Å². The maximum Gasteiger partial charge on any atom is 0.215 e. The fourth-order valence-corrected chi connectivity index (χ4v) is 2.18. The van der Waals surface area contributed by atoms with Crippen molar-refractivity contribution >= 4 is 5.78 Å². The number of carbonyl (C=O) groups is 1. The quantitative estimate of drug-likeness (QED) is 0.792. The Bertz CT molecular complexity index is 593. The summed E-state index contributed by atoms with van der Waals surface area (Å²) in [5.41, 5.74) is 3.32. The summed E-state index contributed by atoms with van der Waals surface area (Å²) < 4.78 is 6.90. The third-order valence-corrected chi connectivity index (χ3v) is 3.17. The van der Waals surface area contributed by atoms with Crippen LogP contribution in [0.25, 0.3) is 0 Å². The Hall–Kier alpha value is -2.10. The largest absolute Gasteiger partial charge is 0.493 e. The number of carbonyl (C=O) groups excluding carboxylic acids is 1. The molecule has 0 atom stereocenters. The van der Waals surface area contributed by atoms with Gasteiger partial charge in [0.15, 0.2) is 11.4 Å². The molecular weight excluding hydrogens is 240 g/mol. The zero-order valence-corrected chi connectivity index (χ0v) is 11.7. The molecule has 19 heavy (non-hydrogen) atoms. The molecule has 0 amide bonds. The van der Waals surface area contributed by atoms with Crippen LogP contribution in [0.3, 0.4) is 0 Å². The summed E-state index contributed by atoms with van der Waals surface area (Å²) in [7, 11) is 1.55. The molecule has 1 aromatic carbocycles. The Morgan fingerprint density at radius 2 is 2.11 bits per heavy atom. The van der Waals surface area contributed by atoms with Crippen LogP contribution in [0, 0.1) is 13.8 Å². The topological polar surface area (TPSA) is 44.1 Å². The van der Waals surface area contributed by atoms with Crippen LogP contribution in [-0.2, 0) is 6.54 Å². The fraction of sp³-hybridized carbons (Fsp3) is 0.333. The molecule has 0 fully saturated rings. The van der Waals surface area contributed by atoms with Crippen molar-refractivity contribution in [1.29, 1.82) is 0 Å². The highest BCUT2D eigenvalue weighted by molar-refractivity contribution is 6.10. The smallest absolute Gasteiger partial charge is 0.215 e. The molecule has 0 bridgehead atoms. The summed E-state index contributed by atoms with van der Waals surface area (Å²) in [6.07, 6.45) is 1.58. The highest BCUT2D eigenvalue weighted by atomic mass is 16.5. The van der Waals surface area contributed by atoms with Crippen molar-refractivity contribution in [2.75, 3.05) is 7.11 Å². The summed E-state index contributed by atoms with van der Waals surface area (Å²) in [6.45, 7) is 6.54. The van der Waals surface area contributed by atoms with Crippen molar-refractivity contribution in [3.63, 3.8) is 0 Å². The molecule has 1 aromatic heterocycles. The van der Waals surface area contributed by atoms with Crippen molar-refractivity contribution in [2.45, 2.75) is 27.3 Å². The minimum atomic E-state index is -0.0475.